The van der Waals surface area contributed by atoms with E-state index in [1.54, 1.807) is 24.3 Å². The van der Waals surface area contributed by atoms with Gasteiger partial charge in [-0.1, -0.05) is 44.2 Å². The lowest BCUT2D eigenvalue weighted by atomic mass is 9.93. The second-order valence-corrected chi connectivity index (χ2v) is 8.26. The summed E-state index contributed by atoms with van der Waals surface area (Å²) < 4.78 is 4.72. The van der Waals surface area contributed by atoms with Crippen LogP contribution >= 0.6 is 0 Å². The first-order valence-electron chi connectivity index (χ1n) is 10.8. The van der Waals surface area contributed by atoms with Crippen molar-refractivity contribution in [3.63, 3.8) is 0 Å². The van der Waals surface area contributed by atoms with Crippen molar-refractivity contribution in [1.82, 2.24) is 5.32 Å². The first-order valence-corrected chi connectivity index (χ1v) is 10.8. The molecule has 0 aromatic heterocycles. The van der Waals surface area contributed by atoms with Crippen molar-refractivity contribution in [2.24, 2.45) is 5.92 Å². The summed E-state index contributed by atoms with van der Waals surface area (Å²) in [6.45, 7) is 6.43. The Morgan fingerprint density at radius 1 is 1.00 bits per heavy atom. The molecule has 2 aromatic rings. The molecule has 1 fully saturated rings. The first kappa shape index (κ1) is 21.9. The Morgan fingerprint density at radius 2 is 1.67 bits per heavy atom. The van der Waals surface area contributed by atoms with Crippen LogP contribution in [0, 0.1) is 5.92 Å². The van der Waals surface area contributed by atoms with Gasteiger partial charge in [-0.15, -0.1) is 0 Å². The molecule has 0 saturated carbocycles. The maximum Gasteiger partial charge on any atom is 0.337 e. The van der Waals surface area contributed by atoms with Gasteiger partial charge in [-0.25, -0.2) is 4.79 Å². The van der Waals surface area contributed by atoms with Crippen molar-refractivity contribution in [2.45, 2.75) is 45.6 Å². The number of hydrogen-bond donors (Lipinski definition) is 1. The molecular weight excluding hydrogens is 376 g/mol. The SMILES string of the molecule is COC(=O)c1ccc(CC(=O)NC(c2ccccc2N2CCCCC2)C(C)C)cc1. The molecule has 0 radical (unpaired) electrons. The molecule has 1 amide bonds. The van der Waals surface area contributed by atoms with Gasteiger partial charge in [0.05, 0.1) is 25.1 Å². The molecular formula is C25H32N2O3. The number of piperidine rings is 1. The summed E-state index contributed by atoms with van der Waals surface area (Å²) in [6.07, 6.45) is 4.00. The van der Waals surface area contributed by atoms with Crippen LogP contribution in [0.25, 0.3) is 0 Å². The lowest BCUT2D eigenvalue weighted by Crippen LogP contribution is -2.36. The van der Waals surface area contributed by atoms with E-state index in [0.29, 0.717) is 5.56 Å². The van der Waals surface area contributed by atoms with Crippen LogP contribution in [0.4, 0.5) is 5.69 Å². The Balaban J connectivity index is 1.73. The number of anilines is 1. The topological polar surface area (TPSA) is 58.6 Å². The zero-order chi connectivity index (χ0) is 21.5. The van der Waals surface area contributed by atoms with Gasteiger partial charge < -0.3 is 15.0 Å². The van der Waals surface area contributed by atoms with E-state index in [0.717, 1.165) is 18.7 Å². The second-order valence-electron chi connectivity index (χ2n) is 8.26. The van der Waals surface area contributed by atoms with E-state index in [1.807, 2.05) is 0 Å². The number of benzene rings is 2. The maximum absolute atomic E-state index is 12.8. The molecule has 2 aromatic carbocycles. The number of hydrogen-bond acceptors (Lipinski definition) is 4. The Hall–Kier alpha value is -2.82. The van der Waals surface area contributed by atoms with Crippen LogP contribution in [0.15, 0.2) is 48.5 Å². The van der Waals surface area contributed by atoms with E-state index in [2.05, 4.69) is 48.3 Å². The average Bonchev–Trinajstić information content (AvgIpc) is 2.78. The second kappa shape index (κ2) is 10.3. The number of para-hydroxylation sites is 1. The molecule has 3 rings (SSSR count). The molecule has 5 heteroatoms. The normalized spacial score (nSPS) is 15.0. The quantitative estimate of drug-likeness (QED) is 0.685. The summed E-state index contributed by atoms with van der Waals surface area (Å²) >= 11 is 0. The third kappa shape index (κ3) is 5.41. The summed E-state index contributed by atoms with van der Waals surface area (Å²) in [5.41, 5.74) is 3.77. The van der Waals surface area contributed by atoms with Crippen LogP contribution in [0.1, 0.15) is 60.6 Å². The van der Waals surface area contributed by atoms with Gasteiger partial charge in [0.2, 0.25) is 5.91 Å². The predicted octanol–water partition coefficient (Wildman–Crippen LogP) is 4.52. The van der Waals surface area contributed by atoms with Gasteiger partial charge in [0.15, 0.2) is 0 Å². The molecule has 1 aliphatic heterocycles. The molecule has 1 atom stereocenters. The number of methoxy groups -OCH3 is 1. The monoisotopic (exact) mass is 408 g/mol. The van der Waals surface area contributed by atoms with Gasteiger partial charge in [-0.2, -0.15) is 0 Å². The number of nitrogens with zero attached hydrogens (tertiary/aromatic N) is 1. The summed E-state index contributed by atoms with van der Waals surface area (Å²) in [5, 5.41) is 3.25. The van der Waals surface area contributed by atoms with Crippen molar-refractivity contribution in [2.75, 3.05) is 25.1 Å². The average molecular weight is 409 g/mol. The van der Waals surface area contributed by atoms with Crippen LogP contribution in [-0.2, 0) is 16.0 Å². The predicted molar refractivity (Wildman–Crippen MR) is 120 cm³/mol. The van der Waals surface area contributed by atoms with E-state index in [1.165, 1.54) is 37.6 Å². The molecule has 1 unspecified atom stereocenters. The first-order chi connectivity index (χ1) is 14.5. The van der Waals surface area contributed by atoms with E-state index in [-0.39, 0.29) is 30.3 Å². The molecule has 0 bridgehead atoms. The van der Waals surface area contributed by atoms with Crippen molar-refractivity contribution in [3.8, 4) is 0 Å². The number of amides is 1. The number of ether oxygens (including phenoxy) is 1. The molecule has 1 N–H and O–H groups in total. The van der Waals surface area contributed by atoms with Crippen molar-refractivity contribution in [3.05, 3.63) is 65.2 Å². The number of rotatable bonds is 7. The number of esters is 1. The molecule has 5 nitrogen and oxygen atoms in total. The fraction of sp³-hybridized carbons (Fsp3) is 0.440. The Kier molecular flexibility index (Phi) is 7.50. The Bertz CT molecular complexity index is 855. The fourth-order valence-electron chi connectivity index (χ4n) is 4.06. The van der Waals surface area contributed by atoms with Gasteiger partial charge in [0.25, 0.3) is 0 Å². The lowest BCUT2D eigenvalue weighted by molar-refractivity contribution is -0.121. The zero-order valence-corrected chi connectivity index (χ0v) is 18.2. The molecule has 1 saturated heterocycles. The molecule has 160 valence electrons. The molecule has 1 aliphatic rings. The van der Waals surface area contributed by atoms with Crippen LogP contribution in [0.3, 0.4) is 0 Å². The van der Waals surface area contributed by atoms with Gasteiger partial charge in [-0.3, -0.25) is 4.79 Å². The van der Waals surface area contributed by atoms with Crippen LogP contribution in [0.5, 0.6) is 0 Å². The minimum atomic E-state index is -0.375. The zero-order valence-electron chi connectivity index (χ0n) is 18.2. The molecule has 0 spiro atoms. The number of carbonyl (C=O) groups excluding carboxylic acids is 2. The number of nitrogens with one attached hydrogen (secondary N) is 1. The summed E-state index contributed by atoms with van der Waals surface area (Å²) in [5.74, 6) is -0.130. The van der Waals surface area contributed by atoms with Gasteiger partial charge in [-0.05, 0) is 54.5 Å². The van der Waals surface area contributed by atoms with Crippen molar-refractivity contribution in [1.29, 1.82) is 0 Å². The maximum atomic E-state index is 12.8. The Labute approximate surface area is 179 Å². The van der Waals surface area contributed by atoms with Crippen molar-refractivity contribution >= 4 is 17.6 Å². The van der Waals surface area contributed by atoms with Crippen molar-refractivity contribution < 1.29 is 14.3 Å². The van der Waals surface area contributed by atoms with E-state index in [4.69, 9.17) is 4.74 Å². The molecule has 30 heavy (non-hydrogen) atoms. The molecule has 1 heterocycles. The highest BCUT2D eigenvalue weighted by Crippen LogP contribution is 2.32. The lowest BCUT2D eigenvalue weighted by Gasteiger charge is -2.34. The minimum Gasteiger partial charge on any atom is -0.465 e. The van der Waals surface area contributed by atoms with E-state index < -0.39 is 0 Å². The summed E-state index contributed by atoms with van der Waals surface area (Å²) in [6, 6.07) is 15.4. The van der Waals surface area contributed by atoms with E-state index >= 15 is 0 Å². The van der Waals surface area contributed by atoms with Crippen LogP contribution in [-0.4, -0.2) is 32.1 Å². The van der Waals surface area contributed by atoms with Gasteiger partial charge in [0.1, 0.15) is 0 Å². The summed E-state index contributed by atoms with van der Waals surface area (Å²) in [7, 11) is 1.36. The minimum absolute atomic E-state index is 0.0204. The standard InChI is InChI=1S/C25H32N2O3/c1-18(2)24(21-9-5-6-10-22(21)27-15-7-4-8-16-27)26-23(28)17-19-11-13-20(14-12-19)25(29)30-3/h5-6,9-14,18,24H,4,7-8,15-17H2,1-3H3,(H,26,28). The third-order valence-electron chi connectivity index (χ3n) is 5.69. The molecule has 0 aliphatic carbocycles. The highest BCUT2D eigenvalue weighted by molar-refractivity contribution is 5.89. The Morgan fingerprint density at radius 3 is 2.30 bits per heavy atom. The van der Waals surface area contributed by atoms with Crippen LogP contribution < -0.4 is 10.2 Å². The fourth-order valence-corrected chi connectivity index (χ4v) is 4.06. The third-order valence-corrected chi connectivity index (χ3v) is 5.69. The summed E-state index contributed by atoms with van der Waals surface area (Å²) in [4.78, 5) is 26.9. The smallest absolute Gasteiger partial charge is 0.337 e. The highest BCUT2D eigenvalue weighted by Gasteiger charge is 2.24. The number of carbonyl (C=O) groups is 2. The van der Waals surface area contributed by atoms with Crippen LogP contribution in [0.2, 0.25) is 0 Å². The highest BCUT2D eigenvalue weighted by atomic mass is 16.5. The largest absolute Gasteiger partial charge is 0.465 e. The van der Waals surface area contributed by atoms with E-state index in [9.17, 15) is 9.59 Å². The van der Waals surface area contributed by atoms with Gasteiger partial charge in [0, 0.05) is 18.8 Å². The van der Waals surface area contributed by atoms with Gasteiger partial charge >= 0.3 is 5.97 Å².